The largest absolute Gasteiger partial charge is 0.478 e. The van der Waals surface area contributed by atoms with E-state index >= 15 is 0 Å². The van der Waals surface area contributed by atoms with E-state index < -0.39 is 30.3 Å². The summed E-state index contributed by atoms with van der Waals surface area (Å²) in [7, 11) is 0. The first-order chi connectivity index (χ1) is 19.8. The number of nitrogens with one attached hydrogen (secondary N) is 4. The summed E-state index contributed by atoms with van der Waals surface area (Å²) in [5.41, 5.74) is 2.08. The zero-order valence-electron chi connectivity index (χ0n) is 23.1. The van der Waals surface area contributed by atoms with Gasteiger partial charge in [-0.15, -0.1) is 0 Å². The molecule has 1 heterocycles. The second kappa shape index (κ2) is 16.8. The second-order valence-corrected chi connectivity index (χ2v) is 9.67. The monoisotopic (exact) mass is 566 g/mol. The van der Waals surface area contributed by atoms with Gasteiger partial charge in [-0.1, -0.05) is 36.4 Å². The third-order valence-corrected chi connectivity index (χ3v) is 6.39. The molecular weight excluding hydrogens is 528 g/mol. The number of benzene rings is 2. The molecule has 2 aromatic carbocycles. The standard InChI is InChI=1S/C30H38N4O7/c1-21(33-25-12-10-23(11-13-25)28(37)26-19-31-17-18-40-26)29(38)34-24(14-15-27(35)36)9-5-6-16-32-30(39)41-20-22-7-3-2-4-8-22/h2-4,7-8,10-15,21,24,26,31,33H,5-6,9,16-20H2,1H3,(H,32,39)(H,34,38)(H,35,36)/t21-,24?,26?/m0/s1. The summed E-state index contributed by atoms with van der Waals surface area (Å²) >= 11 is 0. The van der Waals surface area contributed by atoms with Gasteiger partial charge in [0.15, 0.2) is 5.78 Å². The van der Waals surface area contributed by atoms with Crippen molar-refractivity contribution in [2.45, 2.75) is 51.0 Å². The molecule has 0 saturated carbocycles. The van der Waals surface area contributed by atoms with Gasteiger partial charge >= 0.3 is 12.1 Å². The molecule has 11 nitrogen and oxygen atoms in total. The molecule has 3 atom stereocenters. The number of carbonyl (C=O) groups is 4. The summed E-state index contributed by atoms with van der Waals surface area (Å²) in [5, 5.41) is 20.8. The summed E-state index contributed by atoms with van der Waals surface area (Å²) in [4.78, 5) is 48.4. The molecule has 41 heavy (non-hydrogen) atoms. The Labute approximate surface area is 239 Å². The molecule has 2 aromatic rings. The van der Waals surface area contributed by atoms with Gasteiger partial charge in [-0.25, -0.2) is 9.59 Å². The molecule has 11 heteroatoms. The number of Topliss-reactive ketones (excluding diaryl/α,β-unsaturated/α-hetero) is 1. The van der Waals surface area contributed by atoms with Gasteiger partial charge in [0.1, 0.15) is 18.8 Å². The van der Waals surface area contributed by atoms with E-state index in [1.165, 1.54) is 6.08 Å². The van der Waals surface area contributed by atoms with Crippen molar-refractivity contribution in [3.63, 3.8) is 0 Å². The molecule has 1 aliphatic rings. The minimum absolute atomic E-state index is 0.0955. The lowest BCUT2D eigenvalue weighted by molar-refractivity contribution is -0.131. The average molecular weight is 567 g/mol. The molecule has 1 aliphatic heterocycles. The van der Waals surface area contributed by atoms with Gasteiger partial charge in [0.05, 0.1) is 6.61 Å². The number of aliphatic carboxylic acids is 1. The first-order valence-corrected chi connectivity index (χ1v) is 13.7. The molecule has 1 saturated heterocycles. The number of hydrogen-bond acceptors (Lipinski definition) is 8. The lowest BCUT2D eigenvalue weighted by atomic mass is 10.0. The van der Waals surface area contributed by atoms with Crippen LogP contribution in [0.4, 0.5) is 10.5 Å². The van der Waals surface area contributed by atoms with Crippen LogP contribution in [0.1, 0.15) is 42.1 Å². The Morgan fingerprint density at radius 2 is 1.85 bits per heavy atom. The Kier molecular flexibility index (Phi) is 12.8. The molecular formula is C30H38N4O7. The summed E-state index contributed by atoms with van der Waals surface area (Å²) in [6, 6.07) is 15.1. The van der Waals surface area contributed by atoms with Gasteiger partial charge in [-0.05, 0) is 56.0 Å². The fourth-order valence-corrected chi connectivity index (χ4v) is 4.14. The maximum atomic E-state index is 12.8. The van der Waals surface area contributed by atoms with Crippen LogP contribution < -0.4 is 21.3 Å². The van der Waals surface area contributed by atoms with Gasteiger partial charge in [0, 0.05) is 43.0 Å². The SMILES string of the molecule is C[C@H](Nc1ccc(C(=O)C2CNCCO2)cc1)C(=O)NC(C=CC(=O)O)CCCCNC(=O)OCc1ccccc1. The fraction of sp³-hybridized carbons (Fsp3) is 0.400. The van der Waals surface area contributed by atoms with Crippen LogP contribution in [0.25, 0.3) is 0 Å². The van der Waals surface area contributed by atoms with Crippen molar-refractivity contribution in [3.8, 4) is 0 Å². The number of ether oxygens (including phenoxy) is 2. The molecule has 2 amide bonds. The molecule has 0 bridgehead atoms. The average Bonchev–Trinajstić information content (AvgIpc) is 2.99. The van der Waals surface area contributed by atoms with Crippen LogP contribution in [-0.2, 0) is 25.7 Å². The third-order valence-electron chi connectivity index (χ3n) is 6.39. The van der Waals surface area contributed by atoms with Gasteiger partial charge in [-0.2, -0.15) is 0 Å². The Hall–Kier alpha value is -4.22. The predicted octanol–water partition coefficient (Wildman–Crippen LogP) is 2.88. The van der Waals surface area contributed by atoms with E-state index in [9.17, 15) is 19.2 Å². The van der Waals surface area contributed by atoms with E-state index in [1.807, 2.05) is 30.3 Å². The molecule has 0 spiro atoms. The summed E-state index contributed by atoms with van der Waals surface area (Å²) in [5.74, 6) is -1.52. The quantitative estimate of drug-likeness (QED) is 0.124. The number of anilines is 1. The topological polar surface area (TPSA) is 155 Å². The Morgan fingerprint density at radius 3 is 2.54 bits per heavy atom. The predicted molar refractivity (Wildman–Crippen MR) is 154 cm³/mol. The highest BCUT2D eigenvalue weighted by molar-refractivity contribution is 6.00. The number of morpholine rings is 1. The maximum Gasteiger partial charge on any atom is 0.407 e. The van der Waals surface area contributed by atoms with E-state index in [2.05, 4.69) is 21.3 Å². The highest BCUT2D eigenvalue weighted by Crippen LogP contribution is 2.14. The maximum absolute atomic E-state index is 12.8. The van der Waals surface area contributed by atoms with Crippen LogP contribution in [0, 0.1) is 0 Å². The smallest absolute Gasteiger partial charge is 0.407 e. The van der Waals surface area contributed by atoms with E-state index in [0.717, 1.165) is 18.2 Å². The number of amides is 2. The summed E-state index contributed by atoms with van der Waals surface area (Å²) < 4.78 is 10.7. The lowest BCUT2D eigenvalue weighted by Crippen LogP contribution is -2.43. The minimum Gasteiger partial charge on any atom is -0.478 e. The molecule has 5 N–H and O–H groups in total. The number of alkyl carbamates (subject to hydrolysis) is 1. The fourth-order valence-electron chi connectivity index (χ4n) is 4.14. The van der Waals surface area contributed by atoms with Gasteiger partial charge in [0.2, 0.25) is 5.91 Å². The number of unbranched alkanes of at least 4 members (excludes halogenated alkanes) is 1. The molecule has 3 rings (SSSR count). The van der Waals surface area contributed by atoms with Gasteiger partial charge < -0.3 is 35.8 Å². The molecule has 1 fully saturated rings. The van der Waals surface area contributed by atoms with Crippen molar-refractivity contribution in [1.82, 2.24) is 16.0 Å². The molecule has 0 radical (unpaired) electrons. The summed E-state index contributed by atoms with van der Waals surface area (Å²) in [6.07, 6.45) is 3.16. The number of carbonyl (C=O) groups excluding carboxylic acids is 3. The zero-order chi connectivity index (χ0) is 29.5. The number of carboxylic acids is 1. The molecule has 0 aromatic heterocycles. The number of rotatable bonds is 15. The van der Waals surface area contributed by atoms with E-state index in [1.54, 1.807) is 31.2 Å². The Morgan fingerprint density at radius 1 is 1.10 bits per heavy atom. The second-order valence-electron chi connectivity index (χ2n) is 9.67. The molecule has 220 valence electrons. The number of ketones is 1. The van der Waals surface area contributed by atoms with Crippen LogP contribution in [0.15, 0.2) is 66.7 Å². The normalized spacial score (nSPS) is 16.4. The Bertz CT molecular complexity index is 1170. The zero-order valence-corrected chi connectivity index (χ0v) is 23.1. The van der Waals surface area contributed by atoms with Gasteiger partial charge in [0.25, 0.3) is 0 Å². The van der Waals surface area contributed by atoms with E-state index in [4.69, 9.17) is 14.6 Å². The van der Waals surface area contributed by atoms with Crippen molar-refractivity contribution < 1.29 is 33.8 Å². The van der Waals surface area contributed by atoms with Crippen molar-refractivity contribution >= 4 is 29.4 Å². The van der Waals surface area contributed by atoms with E-state index in [0.29, 0.717) is 50.2 Å². The van der Waals surface area contributed by atoms with E-state index in [-0.39, 0.29) is 18.3 Å². The van der Waals surface area contributed by atoms with Crippen molar-refractivity contribution in [3.05, 3.63) is 77.9 Å². The van der Waals surface area contributed by atoms with Crippen LogP contribution in [0.2, 0.25) is 0 Å². The highest BCUT2D eigenvalue weighted by atomic mass is 16.5. The van der Waals surface area contributed by atoms with Gasteiger partial charge in [-0.3, -0.25) is 9.59 Å². The minimum atomic E-state index is -1.11. The van der Waals surface area contributed by atoms with Crippen LogP contribution in [0.3, 0.4) is 0 Å². The van der Waals surface area contributed by atoms with Crippen LogP contribution in [0.5, 0.6) is 0 Å². The van der Waals surface area contributed by atoms with Crippen molar-refractivity contribution in [2.75, 3.05) is 31.6 Å². The Balaban J connectivity index is 1.41. The van der Waals surface area contributed by atoms with Crippen LogP contribution in [-0.4, -0.2) is 73.3 Å². The summed E-state index contributed by atoms with van der Waals surface area (Å²) in [6.45, 7) is 3.96. The van der Waals surface area contributed by atoms with Crippen LogP contribution >= 0.6 is 0 Å². The molecule has 0 aliphatic carbocycles. The molecule has 2 unspecified atom stereocenters. The number of carboxylic acid groups (broad SMARTS) is 1. The van der Waals surface area contributed by atoms with Crippen molar-refractivity contribution in [1.29, 1.82) is 0 Å². The first kappa shape index (κ1) is 31.3. The highest BCUT2D eigenvalue weighted by Gasteiger charge is 2.23. The third kappa shape index (κ3) is 11.4. The van der Waals surface area contributed by atoms with Crippen molar-refractivity contribution in [2.24, 2.45) is 0 Å². The number of hydrogen-bond donors (Lipinski definition) is 5. The lowest BCUT2D eigenvalue weighted by Gasteiger charge is -2.22. The first-order valence-electron chi connectivity index (χ1n) is 13.7.